The molecule has 0 saturated heterocycles. The maximum absolute atomic E-state index is 2.47. The number of anilines is 1. The van der Waals surface area contributed by atoms with Crippen LogP contribution in [0, 0.1) is 6.92 Å². The normalized spacial score (nSPS) is 17.3. The van der Waals surface area contributed by atoms with E-state index >= 15 is 0 Å². The van der Waals surface area contributed by atoms with Crippen molar-refractivity contribution in [3.05, 3.63) is 132 Å². The second-order valence-electron chi connectivity index (χ2n) is 11.1. The molecule has 1 unspecified atom stereocenters. The van der Waals surface area contributed by atoms with E-state index in [4.69, 9.17) is 0 Å². The maximum Gasteiger partial charge on any atom is 0.210 e. The van der Waals surface area contributed by atoms with E-state index in [1.165, 1.54) is 63.1 Å². The molecule has 0 spiro atoms. The molecular weight excluding hydrogens is 472 g/mol. The van der Waals surface area contributed by atoms with Gasteiger partial charge in [-0.1, -0.05) is 92.2 Å². The summed E-state index contributed by atoms with van der Waals surface area (Å²) >= 11 is 0. The highest BCUT2D eigenvalue weighted by Gasteiger charge is 2.46. The molecule has 2 heteroatoms. The molecule has 1 aliphatic rings. The largest absolute Gasteiger partial charge is 0.345 e. The molecule has 0 bridgehead atoms. The standard InChI is InChI=1S/C37H41N2/c1-6-7-24-39(34-22-14-11-16-28(34)2)29(3)17-15-23-36-37(4,27-30-18-9-8-10-19-30)33-25-31-20-12-13-21-32(31)26-35(33)38(36)5/h8-23,25-26H,6-7,24,27H2,1-5H3/q+1. The molecule has 198 valence electrons. The Balaban J connectivity index is 1.55. The van der Waals surface area contributed by atoms with Crippen molar-refractivity contribution in [2.45, 2.75) is 52.4 Å². The SMILES string of the molecule is CCCCN(/C(C)=C/C=C/C1=[N+](C)c2cc3ccccc3cc2C1(C)Cc1ccccc1)c1ccccc1C. The summed E-state index contributed by atoms with van der Waals surface area (Å²) in [5.74, 6) is 0. The van der Waals surface area contributed by atoms with Crippen molar-refractivity contribution in [1.82, 2.24) is 0 Å². The van der Waals surface area contributed by atoms with Crippen molar-refractivity contribution in [1.29, 1.82) is 0 Å². The molecule has 4 aromatic rings. The van der Waals surface area contributed by atoms with E-state index in [1.54, 1.807) is 0 Å². The van der Waals surface area contributed by atoms with Crippen LogP contribution in [0.4, 0.5) is 11.4 Å². The van der Waals surface area contributed by atoms with E-state index in [1.807, 2.05) is 0 Å². The molecule has 0 saturated carbocycles. The van der Waals surface area contributed by atoms with Crippen molar-refractivity contribution in [2.75, 3.05) is 18.5 Å². The molecule has 0 N–H and O–H groups in total. The monoisotopic (exact) mass is 513 g/mol. The second-order valence-corrected chi connectivity index (χ2v) is 11.1. The molecule has 2 nitrogen and oxygen atoms in total. The maximum atomic E-state index is 2.47. The van der Waals surface area contributed by atoms with Gasteiger partial charge in [0.05, 0.1) is 5.41 Å². The van der Waals surface area contributed by atoms with Gasteiger partial charge in [-0.2, -0.15) is 4.58 Å². The highest BCUT2D eigenvalue weighted by molar-refractivity contribution is 6.05. The van der Waals surface area contributed by atoms with Crippen LogP contribution in [-0.2, 0) is 11.8 Å². The van der Waals surface area contributed by atoms with Gasteiger partial charge in [-0.15, -0.1) is 0 Å². The Bertz CT molecular complexity index is 1560. The van der Waals surface area contributed by atoms with Crippen LogP contribution in [0.15, 0.2) is 115 Å². The summed E-state index contributed by atoms with van der Waals surface area (Å²) in [6.07, 6.45) is 10.2. The molecule has 4 aromatic carbocycles. The third kappa shape index (κ3) is 5.34. The van der Waals surface area contributed by atoms with Crippen LogP contribution in [0.3, 0.4) is 0 Å². The van der Waals surface area contributed by atoms with Crippen LogP contribution in [-0.4, -0.2) is 23.9 Å². The Morgan fingerprint density at radius 2 is 1.56 bits per heavy atom. The lowest BCUT2D eigenvalue weighted by atomic mass is 9.74. The van der Waals surface area contributed by atoms with Crippen molar-refractivity contribution < 1.29 is 4.58 Å². The fourth-order valence-corrected chi connectivity index (χ4v) is 6.11. The highest BCUT2D eigenvalue weighted by atomic mass is 15.1. The molecule has 5 rings (SSSR count). The second kappa shape index (κ2) is 11.5. The molecule has 0 aliphatic carbocycles. The first-order valence-electron chi connectivity index (χ1n) is 14.3. The third-order valence-electron chi connectivity index (χ3n) is 8.31. The van der Waals surface area contributed by atoms with Crippen LogP contribution < -0.4 is 4.90 Å². The van der Waals surface area contributed by atoms with Crippen LogP contribution in [0.25, 0.3) is 10.8 Å². The number of hydrogen-bond donors (Lipinski definition) is 0. The summed E-state index contributed by atoms with van der Waals surface area (Å²) in [4.78, 5) is 2.47. The molecule has 1 aliphatic heterocycles. The first-order chi connectivity index (χ1) is 18.9. The number of benzene rings is 4. The number of unbranched alkanes of at least 4 members (excludes halogenated alkanes) is 1. The molecule has 1 atom stereocenters. The molecule has 1 heterocycles. The lowest BCUT2D eigenvalue weighted by molar-refractivity contribution is -0.401. The average molecular weight is 514 g/mol. The van der Waals surface area contributed by atoms with E-state index in [-0.39, 0.29) is 5.41 Å². The van der Waals surface area contributed by atoms with Crippen molar-refractivity contribution in [3.8, 4) is 0 Å². The van der Waals surface area contributed by atoms with Gasteiger partial charge in [0, 0.05) is 35.6 Å². The minimum atomic E-state index is -0.133. The lowest BCUT2D eigenvalue weighted by Crippen LogP contribution is -2.33. The first-order valence-corrected chi connectivity index (χ1v) is 14.3. The summed E-state index contributed by atoms with van der Waals surface area (Å²) in [5.41, 5.74) is 9.14. The Morgan fingerprint density at radius 1 is 0.897 bits per heavy atom. The van der Waals surface area contributed by atoms with E-state index in [0.29, 0.717) is 0 Å². The molecule has 0 radical (unpaired) electrons. The van der Waals surface area contributed by atoms with Gasteiger partial charge in [0.1, 0.15) is 7.05 Å². The smallest absolute Gasteiger partial charge is 0.210 e. The van der Waals surface area contributed by atoms with Gasteiger partial charge in [0.2, 0.25) is 5.69 Å². The Labute approximate surface area is 234 Å². The summed E-state index contributed by atoms with van der Waals surface area (Å²) in [7, 11) is 2.22. The van der Waals surface area contributed by atoms with Gasteiger partial charge >= 0.3 is 0 Å². The van der Waals surface area contributed by atoms with Gasteiger partial charge in [-0.05, 0) is 73.7 Å². The molecule has 0 aromatic heterocycles. The quantitative estimate of drug-likeness (QED) is 0.160. The van der Waals surface area contributed by atoms with Crippen LogP contribution in [0.5, 0.6) is 0 Å². The van der Waals surface area contributed by atoms with E-state index < -0.39 is 0 Å². The number of para-hydroxylation sites is 1. The van der Waals surface area contributed by atoms with E-state index in [0.717, 1.165) is 13.0 Å². The van der Waals surface area contributed by atoms with E-state index in [2.05, 4.69) is 153 Å². The molecule has 39 heavy (non-hydrogen) atoms. The third-order valence-corrected chi connectivity index (χ3v) is 8.31. The Morgan fingerprint density at radius 3 is 2.28 bits per heavy atom. The summed E-state index contributed by atoms with van der Waals surface area (Å²) in [5, 5.41) is 2.59. The summed E-state index contributed by atoms with van der Waals surface area (Å²) < 4.78 is 2.40. The number of fused-ring (bicyclic) bond motifs is 2. The van der Waals surface area contributed by atoms with Crippen molar-refractivity contribution >= 4 is 27.9 Å². The van der Waals surface area contributed by atoms with Gasteiger partial charge in [0.15, 0.2) is 5.71 Å². The molecule has 0 fully saturated rings. The number of rotatable bonds is 9. The number of allylic oxidation sites excluding steroid dienone is 4. The summed E-state index contributed by atoms with van der Waals surface area (Å²) in [6.45, 7) is 10.1. The zero-order valence-electron chi connectivity index (χ0n) is 24.1. The Hall–Kier alpha value is -3.91. The van der Waals surface area contributed by atoms with Crippen LogP contribution >= 0.6 is 0 Å². The predicted molar refractivity (Wildman–Crippen MR) is 169 cm³/mol. The van der Waals surface area contributed by atoms with Gasteiger partial charge in [0.25, 0.3) is 0 Å². The van der Waals surface area contributed by atoms with Gasteiger partial charge in [-0.25, -0.2) is 0 Å². The number of hydrogen-bond acceptors (Lipinski definition) is 1. The van der Waals surface area contributed by atoms with E-state index in [9.17, 15) is 0 Å². The van der Waals surface area contributed by atoms with Gasteiger partial charge < -0.3 is 4.90 Å². The lowest BCUT2D eigenvalue weighted by Gasteiger charge is -2.27. The number of nitrogens with zero attached hydrogens (tertiary/aromatic N) is 2. The first kappa shape index (κ1) is 26.7. The highest BCUT2D eigenvalue weighted by Crippen LogP contribution is 2.44. The minimum absolute atomic E-state index is 0.133. The fraction of sp³-hybridized carbons (Fsp3) is 0.270. The molecular formula is C37H41N2+. The van der Waals surface area contributed by atoms with Gasteiger partial charge in [-0.3, -0.25) is 0 Å². The molecule has 0 amide bonds. The summed E-state index contributed by atoms with van der Waals surface area (Å²) in [6, 6.07) is 33.1. The zero-order valence-corrected chi connectivity index (χ0v) is 24.1. The topological polar surface area (TPSA) is 6.25 Å². The van der Waals surface area contributed by atoms with Crippen LogP contribution in [0.2, 0.25) is 0 Å². The minimum Gasteiger partial charge on any atom is -0.345 e. The van der Waals surface area contributed by atoms with Crippen molar-refractivity contribution in [2.24, 2.45) is 0 Å². The average Bonchev–Trinajstić information content (AvgIpc) is 3.14. The zero-order chi connectivity index (χ0) is 27.4. The number of aryl methyl sites for hydroxylation is 1. The fourth-order valence-electron chi connectivity index (χ4n) is 6.11. The predicted octanol–water partition coefficient (Wildman–Crippen LogP) is 9.14. The van der Waals surface area contributed by atoms with Crippen molar-refractivity contribution in [3.63, 3.8) is 0 Å². The Kier molecular flexibility index (Phi) is 7.84. The van der Waals surface area contributed by atoms with Crippen LogP contribution in [0.1, 0.15) is 50.3 Å².